The summed E-state index contributed by atoms with van der Waals surface area (Å²) < 4.78 is 6.48. The Morgan fingerprint density at radius 1 is 1.12 bits per heavy atom. The summed E-state index contributed by atoms with van der Waals surface area (Å²) in [7, 11) is 0. The molecule has 0 radical (unpaired) electrons. The number of aliphatic hydroxyl groups is 1. The Hall–Kier alpha value is -1.28. The maximum Gasteiger partial charge on any atom is 0.127 e. The first kappa shape index (κ1) is 17.5. The molecule has 132 valence electrons. The Labute approximate surface area is 146 Å². The van der Waals surface area contributed by atoms with Crippen LogP contribution in [-0.2, 0) is 6.42 Å². The maximum atomic E-state index is 10.8. The van der Waals surface area contributed by atoms with Crippen LogP contribution in [0.5, 0.6) is 5.75 Å². The number of fused-ring (bicyclic) bond motifs is 2. The zero-order chi connectivity index (χ0) is 17.4. The number of hydrogen-bond donors (Lipinski definition) is 1. The molecule has 2 nitrogen and oxygen atoms in total. The summed E-state index contributed by atoms with van der Waals surface area (Å²) in [6.07, 6.45) is 9.45. The highest BCUT2D eigenvalue weighted by Gasteiger charge is 2.40. The van der Waals surface area contributed by atoms with Crippen LogP contribution in [-0.4, -0.2) is 16.3 Å². The summed E-state index contributed by atoms with van der Waals surface area (Å²) in [5, 5.41) is 10.8. The third kappa shape index (κ3) is 3.69. The Morgan fingerprint density at radius 3 is 2.58 bits per heavy atom. The van der Waals surface area contributed by atoms with E-state index >= 15 is 0 Å². The van der Waals surface area contributed by atoms with Crippen LogP contribution in [0.15, 0.2) is 36.4 Å². The molecule has 1 aliphatic heterocycles. The third-order valence-corrected chi connectivity index (χ3v) is 6.16. The summed E-state index contributed by atoms with van der Waals surface area (Å²) >= 11 is 0. The van der Waals surface area contributed by atoms with Crippen LogP contribution in [0.4, 0.5) is 0 Å². The quantitative estimate of drug-likeness (QED) is 0.722. The van der Waals surface area contributed by atoms with Gasteiger partial charge in [0, 0.05) is 5.92 Å². The molecule has 0 spiro atoms. The predicted molar refractivity (Wildman–Crippen MR) is 99.2 cm³/mol. The molecule has 4 atom stereocenters. The van der Waals surface area contributed by atoms with Crippen LogP contribution in [0, 0.1) is 17.8 Å². The molecule has 1 N–H and O–H groups in total. The van der Waals surface area contributed by atoms with Crippen molar-refractivity contribution >= 4 is 0 Å². The van der Waals surface area contributed by atoms with E-state index in [0.29, 0.717) is 17.8 Å². The van der Waals surface area contributed by atoms with Crippen molar-refractivity contribution in [2.75, 3.05) is 0 Å². The summed E-state index contributed by atoms with van der Waals surface area (Å²) in [5.41, 5.74) is 0.441. The lowest BCUT2D eigenvalue weighted by atomic mass is 9.73. The predicted octanol–water partition coefficient (Wildman–Crippen LogP) is 5.15. The van der Waals surface area contributed by atoms with Crippen LogP contribution in [0.2, 0.25) is 0 Å². The van der Waals surface area contributed by atoms with Crippen molar-refractivity contribution in [2.45, 2.75) is 71.0 Å². The Morgan fingerprint density at radius 2 is 1.83 bits per heavy atom. The van der Waals surface area contributed by atoms with Gasteiger partial charge in [0.25, 0.3) is 0 Å². The normalized spacial score (nSPS) is 37.9. The van der Waals surface area contributed by atoms with E-state index in [0.717, 1.165) is 37.9 Å². The second kappa shape index (κ2) is 6.55. The molecule has 3 rings (SSSR count). The van der Waals surface area contributed by atoms with Crippen molar-refractivity contribution < 1.29 is 9.84 Å². The molecule has 0 unspecified atom stereocenters. The highest BCUT2D eigenvalue weighted by molar-refractivity contribution is 5.38. The van der Waals surface area contributed by atoms with Crippen molar-refractivity contribution in [3.63, 3.8) is 0 Å². The van der Waals surface area contributed by atoms with Crippen molar-refractivity contribution in [3.8, 4) is 5.75 Å². The lowest BCUT2D eigenvalue weighted by Crippen LogP contribution is -2.44. The van der Waals surface area contributed by atoms with Gasteiger partial charge in [-0.15, -0.1) is 0 Å². The maximum absolute atomic E-state index is 10.8. The van der Waals surface area contributed by atoms with E-state index in [2.05, 4.69) is 51.1 Å². The van der Waals surface area contributed by atoms with Gasteiger partial charge < -0.3 is 9.84 Å². The van der Waals surface area contributed by atoms with Crippen LogP contribution in [0.25, 0.3) is 0 Å². The highest BCUT2D eigenvalue weighted by atomic mass is 16.5. The second-order valence-electron chi connectivity index (χ2n) is 8.64. The van der Waals surface area contributed by atoms with E-state index in [1.165, 1.54) is 5.56 Å². The molecule has 2 aliphatic rings. The molecular weight excluding hydrogens is 296 g/mol. The number of para-hydroxylation sites is 1. The average Bonchev–Trinajstić information content (AvgIpc) is 2.52. The van der Waals surface area contributed by atoms with Gasteiger partial charge >= 0.3 is 0 Å². The molecule has 0 saturated carbocycles. The zero-order valence-electron chi connectivity index (χ0n) is 15.6. The van der Waals surface area contributed by atoms with Gasteiger partial charge in [-0.3, -0.25) is 0 Å². The molecule has 24 heavy (non-hydrogen) atoms. The van der Waals surface area contributed by atoms with Gasteiger partial charge in [0.15, 0.2) is 0 Å². The van der Waals surface area contributed by atoms with Crippen LogP contribution < -0.4 is 4.74 Å². The van der Waals surface area contributed by atoms with E-state index in [1.54, 1.807) is 0 Å². The van der Waals surface area contributed by atoms with Gasteiger partial charge in [-0.1, -0.05) is 38.1 Å². The lowest BCUT2D eigenvalue weighted by molar-refractivity contribution is 0.00141. The van der Waals surface area contributed by atoms with Gasteiger partial charge in [0.05, 0.1) is 5.60 Å². The Bertz CT molecular complexity index is 602. The molecule has 0 bridgehead atoms. The number of benzene rings is 1. The molecule has 0 amide bonds. The standard InChI is InChI=1S/C22H32O2/c1-16(2)17-9-12-21(3,23)13-11-19-15-18-7-5-6-8-20(18)24-22(19,4)14-10-17/h5-8,10,14,16-17,19,23H,9,11-13,15H2,1-4H3/b14-10+/t17-,19-,21+,22-/m1/s1. The van der Waals surface area contributed by atoms with E-state index in [-0.39, 0.29) is 5.60 Å². The van der Waals surface area contributed by atoms with Crippen LogP contribution in [0.1, 0.15) is 58.9 Å². The molecule has 0 aromatic heterocycles. The van der Waals surface area contributed by atoms with Gasteiger partial charge in [0.1, 0.15) is 11.4 Å². The van der Waals surface area contributed by atoms with E-state index in [4.69, 9.17) is 4.74 Å². The van der Waals surface area contributed by atoms with Crippen molar-refractivity contribution in [3.05, 3.63) is 42.0 Å². The van der Waals surface area contributed by atoms with Crippen LogP contribution >= 0.6 is 0 Å². The van der Waals surface area contributed by atoms with Crippen molar-refractivity contribution in [2.24, 2.45) is 17.8 Å². The van der Waals surface area contributed by atoms with Gasteiger partial charge in [-0.25, -0.2) is 0 Å². The van der Waals surface area contributed by atoms with Gasteiger partial charge in [0.2, 0.25) is 0 Å². The summed E-state index contributed by atoms with van der Waals surface area (Å²) in [5.74, 6) is 2.49. The van der Waals surface area contributed by atoms with Crippen molar-refractivity contribution in [1.82, 2.24) is 0 Å². The van der Waals surface area contributed by atoms with E-state index in [9.17, 15) is 5.11 Å². The number of hydrogen-bond acceptors (Lipinski definition) is 2. The molecule has 0 saturated heterocycles. The Kier molecular flexibility index (Phi) is 4.79. The summed E-state index contributed by atoms with van der Waals surface area (Å²) in [6.45, 7) is 8.77. The zero-order valence-corrected chi connectivity index (χ0v) is 15.6. The van der Waals surface area contributed by atoms with Gasteiger partial charge in [-0.2, -0.15) is 0 Å². The lowest BCUT2D eigenvalue weighted by Gasteiger charge is -2.43. The van der Waals surface area contributed by atoms with E-state index in [1.807, 2.05) is 13.0 Å². The van der Waals surface area contributed by atoms with E-state index < -0.39 is 5.60 Å². The monoisotopic (exact) mass is 328 g/mol. The SMILES string of the molecule is CC(C)[C@H]1/C=C/[C@@]2(C)Oc3ccccc3C[C@H]2CC[C@@](C)(O)CC1. The average molecular weight is 328 g/mol. The summed E-state index contributed by atoms with van der Waals surface area (Å²) in [4.78, 5) is 0. The number of allylic oxidation sites excluding steroid dienone is 1. The molecule has 1 aromatic carbocycles. The first-order valence-corrected chi connectivity index (χ1v) is 9.48. The molecule has 0 fully saturated rings. The van der Waals surface area contributed by atoms with Crippen LogP contribution in [0.3, 0.4) is 0 Å². The summed E-state index contributed by atoms with van der Waals surface area (Å²) in [6, 6.07) is 8.39. The number of ether oxygens (including phenoxy) is 1. The molecule has 2 heteroatoms. The smallest absolute Gasteiger partial charge is 0.127 e. The molecule has 1 aliphatic carbocycles. The van der Waals surface area contributed by atoms with Gasteiger partial charge in [-0.05, 0) is 75.5 Å². The largest absolute Gasteiger partial charge is 0.483 e. The molecular formula is C22H32O2. The fraction of sp³-hybridized carbons (Fsp3) is 0.636. The van der Waals surface area contributed by atoms with Crippen molar-refractivity contribution in [1.29, 1.82) is 0 Å². The fourth-order valence-electron chi connectivity index (χ4n) is 4.17. The minimum absolute atomic E-state index is 0.283. The fourth-order valence-corrected chi connectivity index (χ4v) is 4.17. The first-order valence-electron chi connectivity index (χ1n) is 9.48. The minimum atomic E-state index is -0.573. The third-order valence-electron chi connectivity index (χ3n) is 6.16. The highest BCUT2D eigenvalue weighted by Crippen LogP contribution is 2.42. The first-order chi connectivity index (χ1) is 11.3. The molecule has 1 heterocycles. The number of rotatable bonds is 1. The second-order valence-corrected chi connectivity index (χ2v) is 8.64. The minimum Gasteiger partial charge on any atom is -0.483 e. The Balaban J connectivity index is 1.95. The molecule has 1 aromatic rings. The topological polar surface area (TPSA) is 29.5 Å².